The summed E-state index contributed by atoms with van der Waals surface area (Å²) in [6.45, 7) is 2.88. The number of phosphoric acid groups is 1. The molecule has 2 N–H and O–H groups in total. The molecule has 0 aromatic carbocycles. The van der Waals surface area contributed by atoms with E-state index < -0.39 is 19.7 Å². The number of amides is 1. The standard InChI is InChI=1S/C8H16NO7P/c1-3-14-8(11)7(10)9-5-6-16-17(12,13)15-4-2/h3-6H2,1-2H3,(H,9,10)(H,12,13). The average Bonchev–Trinajstić information content (AvgIpc) is 2.24. The molecule has 0 saturated heterocycles. The predicted octanol–water partition coefficient (Wildman–Crippen LogP) is -0.181. The van der Waals surface area contributed by atoms with Crippen LogP contribution in [0.3, 0.4) is 0 Å². The molecule has 0 bridgehead atoms. The molecule has 0 aliphatic carbocycles. The van der Waals surface area contributed by atoms with Gasteiger partial charge in [0.1, 0.15) is 0 Å². The highest BCUT2D eigenvalue weighted by atomic mass is 31.2. The molecule has 0 aromatic rings. The largest absolute Gasteiger partial charge is 0.472 e. The highest BCUT2D eigenvalue weighted by molar-refractivity contribution is 7.47. The van der Waals surface area contributed by atoms with Crippen molar-refractivity contribution >= 4 is 19.7 Å². The first-order valence-electron chi connectivity index (χ1n) is 4.99. The number of carbonyl (C=O) groups is 2. The van der Waals surface area contributed by atoms with Gasteiger partial charge in [0.25, 0.3) is 0 Å². The Hall–Kier alpha value is -0.950. The van der Waals surface area contributed by atoms with E-state index in [4.69, 9.17) is 4.89 Å². The lowest BCUT2D eigenvalue weighted by Gasteiger charge is -2.10. The molecule has 0 heterocycles. The molecule has 100 valence electrons. The number of carbonyl (C=O) groups excluding carboxylic acids is 2. The third kappa shape index (κ3) is 7.87. The summed E-state index contributed by atoms with van der Waals surface area (Å²) in [5.41, 5.74) is 0. The maximum atomic E-state index is 11.0. The highest BCUT2D eigenvalue weighted by Crippen LogP contribution is 2.42. The van der Waals surface area contributed by atoms with E-state index in [2.05, 4.69) is 19.1 Å². The van der Waals surface area contributed by atoms with Crippen molar-refractivity contribution in [2.24, 2.45) is 0 Å². The van der Waals surface area contributed by atoms with Gasteiger partial charge in [-0.2, -0.15) is 0 Å². The van der Waals surface area contributed by atoms with E-state index in [0.717, 1.165) is 0 Å². The number of esters is 1. The molecule has 1 atom stereocenters. The fourth-order valence-corrected chi connectivity index (χ4v) is 1.52. The Morgan fingerprint density at radius 1 is 1.24 bits per heavy atom. The van der Waals surface area contributed by atoms with E-state index in [1.807, 2.05) is 0 Å². The zero-order valence-electron chi connectivity index (χ0n) is 9.67. The summed E-state index contributed by atoms with van der Waals surface area (Å²) in [7, 11) is -4.06. The van der Waals surface area contributed by atoms with Gasteiger partial charge in [-0.3, -0.25) is 13.8 Å². The van der Waals surface area contributed by atoms with Crippen LogP contribution < -0.4 is 5.32 Å². The normalized spacial score (nSPS) is 13.8. The Kier molecular flexibility index (Phi) is 7.73. The van der Waals surface area contributed by atoms with Gasteiger partial charge in [-0.05, 0) is 13.8 Å². The van der Waals surface area contributed by atoms with Crippen LogP contribution in [0.2, 0.25) is 0 Å². The van der Waals surface area contributed by atoms with E-state index in [0.29, 0.717) is 0 Å². The molecule has 0 saturated carbocycles. The minimum Gasteiger partial charge on any atom is -0.459 e. The molecule has 17 heavy (non-hydrogen) atoms. The monoisotopic (exact) mass is 269 g/mol. The SMILES string of the molecule is CCOC(=O)C(=O)NCCOP(=O)(O)OCC. The molecule has 0 fully saturated rings. The maximum Gasteiger partial charge on any atom is 0.472 e. The Bertz CT molecular complexity index is 306. The lowest BCUT2D eigenvalue weighted by Crippen LogP contribution is -2.34. The van der Waals surface area contributed by atoms with Gasteiger partial charge in [-0.15, -0.1) is 0 Å². The lowest BCUT2D eigenvalue weighted by atomic mass is 10.5. The number of hydrogen-bond donors (Lipinski definition) is 2. The third-order valence-electron chi connectivity index (χ3n) is 1.40. The first-order chi connectivity index (χ1) is 7.93. The van der Waals surface area contributed by atoms with Crippen LogP contribution in [0.1, 0.15) is 13.8 Å². The summed E-state index contributed by atoms with van der Waals surface area (Å²) in [6, 6.07) is 0. The molecule has 1 unspecified atom stereocenters. The van der Waals surface area contributed by atoms with Crippen LogP contribution in [-0.4, -0.2) is 43.1 Å². The first-order valence-corrected chi connectivity index (χ1v) is 6.49. The molecule has 0 rings (SSSR count). The number of hydrogen-bond acceptors (Lipinski definition) is 6. The van der Waals surface area contributed by atoms with Crippen molar-refractivity contribution in [2.75, 3.05) is 26.4 Å². The second-order valence-electron chi connectivity index (χ2n) is 2.70. The maximum absolute atomic E-state index is 11.0. The smallest absolute Gasteiger partial charge is 0.459 e. The lowest BCUT2D eigenvalue weighted by molar-refractivity contribution is -0.154. The second kappa shape index (κ2) is 8.19. The minimum atomic E-state index is -4.06. The summed E-state index contributed by atoms with van der Waals surface area (Å²) < 4.78 is 24.3. The fraction of sp³-hybridized carbons (Fsp3) is 0.750. The average molecular weight is 269 g/mol. The van der Waals surface area contributed by atoms with Crippen LogP contribution in [0.4, 0.5) is 0 Å². The van der Waals surface area contributed by atoms with Crippen LogP contribution in [-0.2, 0) is 27.9 Å². The zero-order chi connectivity index (χ0) is 13.3. The zero-order valence-corrected chi connectivity index (χ0v) is 10.6. The Labute approximate surface area is 98.9 Å². The van der Waals surface area contributed by atoms with Crippen LogP contribution in [0, 0.1) is 0 Å². The van der Waals surface area contributed by atoms with Gasteiger partial charge in [0.05, 0.1) is 19.8 Å². The molecule has 0 aliphatic rings. The van der Waals surface area contributed by atoms with Gasteiger partial charge in [0.15, 0.2) is 0 Å². The molecule has 9 heteroatoms. The van der Waals surface area contributed by atoms with Gasteiger partial charge in [0.2, 0.25) is 0 Å². The van der Waals surface area contributed by atoms with Gasteiger partial charge < -0.3 is 14.9 Å². The fourth-order valence-electron chi connectivity index (χ4n) is 0.795. The first kappa shape index (κ1) is 16.1. The molecule has 8 nitrogen and oxygen atoms in total. The van der Waals surface area contributed by atoms with Crippen LogP contribution in [0.25, 0.3) is 0 Å². The Morgan fingerprint density at radius 3 is 2.41 bits per heavy atom. The Balaban J connectivity index is 3.75. The number of ether oxygens (including phenoxy) is 1. The van der Waals surface area contributed by atoms with Crippen molar-refractivity contribution in [1.82, 2.24) is 5.32 Å². The van der Waals surface area contributed by atoms with Crippen molar-refractivity contribution in [2.45, 2.75) is 13.8 Å². The van der Waals surface area contributed by atoms with Crippen molar-refractivity contribution in [1.29, 1.82) is 0 Å². The number of nitrogens with one attached hydrogen (secondary N) is 1. The highest BCUT2D eigenvalue weighted by Gasteiger charge is 2.20. The van der Waals surface area contributed by atoms with E-state index in [-0.39, 0.29) is 26.4 Å². The van der Waals surface area contributed by atoms with Gasteiger partial charge in [-0.1, -0.05) is 0 Å². The third-order valence-corrected chi connectivity index (χ3v) is 2.49. The van der Waals surface area contributed by atoms with E-state index in [9.17, 15) is 14.2 Å². The molecule has 0 radical (unpaired) electrons. The summed E-state index contributed by atoms with van der Waals surface area (Å²) >= 11 is 0. The van der Waals surface area contributed by atoms with E-state index in [1.165, 1.54) is 6.92 Å². The van der Waals surface area contributed by atoms with E-state index >= 15 is 0 Å². The quantitative estimate of drug-likeness (QED) is 0.285. The summed E-state index contributed by atoms with van der Waals surface area (Å²) in [6.07, 6.45) is 0. The molecule has 0 aromatic heterocycles. The van der Waals surface area contributed by atoms with Crippen LogP contribution in [0.5, 0.6) is 0 Å². The molecular formula is C8H16NO7P. The second-order valence-corrected chi connectivity index (χ2v) is 4.15. The van der Waals surface area contributed by atoms with Crippen molar-refractivity contribution in [3.8, 4) is 0 Å². The summed E-state index contributed by atoms with van der Waals surface area (Å²) in [5, 5.41) is 2.16. The predicted molar refractivity (Wildman–Crippen MR) is 57.0 cm³/mol. The van der Waals surface area contributed by atoms with Gasteiger partial charge >= 0.3 is 19.7 Å². The summed E-state index contributed by atoms with van der Waals surface area (Å²) in [5.74, 6) is -1.94. The number of rotatable bonds is 7. The molecular weight excluding hydrogens is 253 g/mol. The van der Waals surface area contributed by atoms with Crippen molar-refractivity contribution < 1.29 is 32.8 Å². The number of phosphoric ester groups is 1. The Morgan fingerprint density at radius 2 is 1.88 bits per heavy atom. The van der Waals surface area contributed by atoms with Crippen LogP contribution in [0.15, 0.2) is 0 Å². The minimum absolute atomic E-state index is 0.0307. The molecule has 0 aliphatic heterocycles. The van der Waals surface area contributed by atoms with Crippen molar-refractivity contribution in [3.63, 3.8) is 0 Å². The van der Waals surface area contributed by atoms with Crippen molar-refractivity contribution in [3.05, 3.63) is 0 Å². The van der Waals surface area contributed by atoms with E-state index in [1.54, 1.807) is 6.92 Å². The van der Waals surface area contributed by atoms with Gasteiger partial charge in [-0.25, -0.2) is 9.36 Å². The molecule has 0 spiro atoms. The van der Waals surface area contributed by atoms with Gasteiger partial charge in [0, 0.05) is 6.54 Å². The molecule has 1 amide bonds. The topological polar surface area (TPSA) is 111 Å². The van der Waals surface area contributed by atoms with Crippen LogP contribution >= 0.6 is 7.82 Å². The summed E-state index contributed by atoms with van der Waals surface area (Å²) in [4.78, 5) is 30.8.